The van der Waals surface area contributed by atoms with Gasteiger partial charge in [-0.1, -0.05) is 48.5 Å². The number of anilines is 2. The summed E-state index contributed by atoms with van der Waals surface area (Å²) in [6.07, 6.45) is 1.97. The van der Waals surface area contributed by atoms with Crippen LogP contribution < -0.4 is 29.9 Å². The highest BCUT2D eigenvalue weighted by Crippen LogP contribution is 2.38. The summed E-state index contributed by atoms with van der Waals surface area (Å²) in [5.41, 5.74) is 5.11. The van der Waals surface area contributed by atoms with Crippen LogP contribution in [0.3, 0.4) is 0 Å². The molecule has 0 spiro atoms. The van der Waals surface area contributed by atoms with E-state index in [9.17, 15) is 29.5 Å². The highest BCUT2D eigenvalue weighted by molar-refractivity contribution is 7.81. The molecule has 2 fully saturated rings. The third-order valence-corrected chi connectivity index (χ3v) is 11.9. The van der Waals surface area contributed by atoms with Crippen LogP contribution in [0.5, 0.6) is 11.5 Å². The Hall–Kier alpha value is -7.13. The average molecular weight is 914 g/mol. The summed E-state index contributed by atoms with van der Waals surface area (Å²) in [6.45, 7) is 5.93. The first kappa shape index (κ1) is 46.9. The smallest absolute Gasteiger partial charge is 0.259 e. The quantitative estimate of drug-likeness (QED) is 0.0717. The van der Waals surface area contributed by atoms with Crippen LogP contribution in [0.2, 0.25) is 0 Å². The first-order valence-electron chi connectivity index (χ1n) is 21.5. The molecular formula is C49H51N7O9S. The Kier molecular flexibility index (Phi) is 14.8. The van der Waals surface area contributed by atoms with Gasteiger partial charge >= 0.3 is 0 Å². The van der Waals surface area contributed by atoms with Crippen LogP contribution in [0.25, 0.3) is 22.5 Å². The number of rotatable bonds is 18. The molecule has 2 atom stereocenters. The summed E-state index contributed by atoms with van der Waals surface area (Å²) in [5.74, 6) is 0.211. The number of β-amino-alcohol motifs (C(OH)–C–C–N with tert-alkyl or cyclic N) is 1. The van der Waals surface area contributed by atoms with E-state index in [0.717, 1.165) is 33.6 Å². The highest BCUT2D eigenvalue weighted by Gasteiger charge is 2.50. The van der Waals surface area contributed by atoms with E-state index in [0.29, 0.717) is 59.7 Å². The summed E-state index contributed by atoms with van der Waals surface area (Å²) in [4.78, 5) is 60.9. The van der Waals surface area contributed by atoms with Crippen molar-refractivity contribution in [2.45, 2.75) is 64.3 Å². The number of methoxy groups -OCH3 is 1. The first-order valence-corrected chi connectivity index (χ1v) is 21.9. The minimum atomic E-state index is -0.967. The highest BCUT2D eigenvalue weighted by atomic mass is 32.1. The van der Waals surface area contributed by atoms with Crippen molar-refractivity contribution in [2.24, 2.45) is 0 Å². The molecule has 4 aromatic carbocycles. The van der Waals surface area contributed by atoms with Gasteiger partial charge in [-0.15, -0.1) is 0 Å². The number of likely N-dealkylation sites (tertiary alicyclic amines) is 1. The van der Waals surface area contributed by atoms with Crippen molar-refractivity contribution in [2.75, 3.05) is 49.8 Å². The lowest BCUT2D eigenvalue weighted by atomic mass is 10.0. The predicted molar refractivity (Wildman–Crippen MR) is 249 cm³/mol. The molecule has 1 aromatic heterocycles. The van der Waals surface area contributed by atoms with Crippen molar-refractivity contribution in [1.29, 1.82) is 5.26 Å². The Bertz CT molecular complexity index is 2610. The van der Waals surface area contributed by atoms with E-state index in [-0.39, 0.29) is 44.5 Å². The van der Waals surface area contributed by atoms with Gasteiger partial charge in [0.1, 0.15) is 35.8 Å². The van der Waals surface area contributed by atoms with Crippen LogP contribution in [0, 0.1) is 18.3 Å². The largest absolute Gasteiger partial charge is 0.495 e. The number of carbonyl (C=O) groups is 4. The molecule has 0 radical (unpaired) electrons. The van der Waals surface area contributed by atoms with Gasteiger partial charge in [0.15, 0.2) is 17.3 Å². The fourth-order valence-electron chi connectivity index (χ4n) is 7.90. The van der Waals surface area contributed by atoms with Crippen LogP contribution in [-0.2, 0) is 30.5 Å². The number of oxazole rings is 1. The maximum absolute atomic E-state index is 13.7. The van der Waals surface area contributed by atoms with E-state index in [1.807, 2.05) is 98.5 Å². The molecule has 0 bridgehead atoms. The van der Waals surface area contributed by atoms with Crippen molar-refractivity contribution in [3.63, 3.8) is 0 Å². The van der Waals surface area contributed by atoms with Crippen molar-refractivity contribution in [1.82, 2.24) is 20.5 Å². The Morgan fingerprint density at radius 3 is 2.27 bits per heavy atom. The van der Waals surface area contributed by atoms with Crippen LogP contribution >= 0.6 is 12.2 Å². The number of hydrogen-bond donors (Lipinski definition) is 3. The number of carbonyl (C=O) groups excluding carboxylic acids is 4. The topological polar surface area (TPSA) is 200 Å². The lowest BCUT2D eigenvalue weighted by molar-refractivity contribution is -0.139. The molecule has 4 amide bonds. The van der Waals surface area contributed by atoms with Crippen molar-refractivity contribution < 1.29 is 42.9 Å². The maximum Gasteiger partial charge on any atom is 0.259 e. The molecule has 17 heteroatoms. The first-order chi connectivity index (χ1) is 31.8. The molecular weight excluding hydrogens is 863 g/mol. The van der Waals surface area contributed by atoms with Gasteiger partial charge in [-0.25, -0.2) is 4.98 Å². The summed E-state index contributed by atoms with van der Waals surface area (Å²) >= 11 is 5.84. The van der Waals surface area contributed by atoms with Gasteiger partial charge in [-0.2, -0.15) is 5.26 Å². The molecule has 2 aliphatic heterocycles. The van der Waals surface area contributed by atoms with Gasteiger partial charge in [0.25, 0.3) is 5.91 Å². The molecule has 2 saturated heterocycles. The summed E-state index contributed by atoms with van der Waals surface area (Å²) in [7, 11) is 1.47. The van der Waals surface area contributed by atoms with Crippen LogP contribution in [0.4, 0.5) is 11.4 Å². The summed E-state index contributed by atoms with van der Waals surface area (Å²) in [6, 6.07) is 29.2. The Morgan fingerprint density at radius 1 is 0.939 bits per heavy atom. The van der Waals surface area contributed by atoms with Gasteiger partial charge in [0.05, 0.1) is 43.3 Å². The van der Waals surface area contributed by atoms with E-state index in [2.05, 4.69) is 21.7 Å². The minimum Gasteiger partial charge on any atom is -0.495 e. The molecule has 3 N–H and O–H groups in total. The van der Waals surface area contributed by atoms with Crippen molar-refractivity contribution >= 4 is 52.3 Å². The van der Waals surface area contributed by atoms with Gasteiger partial charge in [0.2, 0.25) is 17.7 Å². The van der Waals surface area contributed by atoms with Crippen LogP contribution in [0.15, 0.2) is 102 Å². The fourth-order valence-corrected chi connectivity index (χ4v) is 8.42. The molecule has 0 unspecified atom stereocenters. The van der Waals surface area contributed by atoms with Crippen molar-refractivity contribution in [3.05, 3.63) is 114 Å². The molecule has 16 nitrogen and oxygen atoms in total. The number of unbranched alkanes of at least 4 members (excludes halogenated alkanes) is 1. The van der Waals surface area contributed by atoms with E-state index in [1.54, 1.807) is 18.2 Å². The normalized spacial score (nSPS) is 16.6. The molecule has 2 aliphatic rings. The number of aliphatic hydroxyl groups excluding tert-OH is 1. The van der Waals surface area contributed by atoms with Gasteiger partial charge in [-0.3, -0.25) is 24.1 Å². The Morgan fingerprint density at radius 2 is 1.61 bits per heavy atom. The van der Waals surface area contributed by atoms with Crippen LogP contribution in [0.1, 0.15) is 49.9 Å². The number of aromatic nitrogens is 1. The second-order valence-corrected chi connectivity index (χ2v) is 16.8. The van der Waals surface area contributed by atoms with E-state index >= 15 is 0 Å². The number of benzene rings is 4. The van der Waals surface area contributed by atoms with Gasteiger partial charge in [-0.05, 0) is 98.9 Å². The number of aryl methyl sites for hydroxylation is 1. The van der Waals surface area contributed by atoms with E-state index in [4.69, 9.17) is 30.8 Å². The number of amides is 4. The monoisotopic (exact) mass is 913 g/mol. The molecule has 0 saturated carbocycles. The lowest BCUT2D eigenvalue weighted by Gasteiger charge is -2.29. The lowest BCUT2D eigenvalue weighted by Crippen LogP contribution is -2.49. The second kappa shape index (κ2) is 20.8. The number of nitriles is 1. The summed E-state index contributed by atoms with van der Waals surface area (Å²) < 4.78 is 22.2. The van der Waals surface area contributed by atoms with Gasteiger partial charge in [0, 0.05) is 43.4 Å². The standard InChI is InChI=1S/C49H51N7O9S/c1-31-45(65-30-53-31)35-9-7-32(8-10-35)26-52-46(60)41-24-39(57)28-54(41)44(59)27-51-43(58)29-63-21-5-6-22-64-40-19-14-34(15-20-40)33-11-16-37(17-12-33)56-48(66)55(47(61)49(56,2)3)38-18-13-36(25-50)42(23-38)62-4/h7-20,23,30,39,41,57H,5-6,21-22,24,26-29H2,1-4H3,(H,51,58)(H,52,60)/t39-,41+/m1/s1. The Labute approximate surface area is 388 Å². The SMILES string of the molecule is COc1cc(N2C(=O)C(C)(C)N(c3ccc(-c4ccc(OCCCCOCC(=O)NCC(=O)N5C[C@H](O)C[C@H]5C(=O)NCc5ccc(-c6ocnc6C)cc5)cc4)cc3)C2=S)ccc1C#N. The summed E-state index contributed by atoms with van der Waals surface area (Å²) in [5, 5.41) is 25.4. The minimum absolute atomic E-state index is 0.00619. The fraction of sp³-hybridized carbons (Fsp3) is 0.327. The second-order valence-electron chi connectivity index (χ2n) is 16.4. The van der Waals surface area contributed by atoms with E-state index < -0.39 is 29.5 Å². The molecule has 7 rings (SSSR count). The van der Waals surface area contributed by atoms with Gasteiger partial charge < -0.3 is 44.2 Å². The van der Waals surface area contributed by atoms with Crippen LogP contribution in [-0.4, -0.2) is 101 Å². The number of nitrogens with zero attached hydrogens (tertiary/aromatic N) is 5. The number of nitrogens with one attached hydrogen (secondary N) is 2. The number of thiocarbonyl (C=S) groups is 1. The molecule has 5 aromatic rings. The molecule has 66 heavy (non-hydrogen) atoms. The Balaban J connectivity index is 0.789. The third kappa shape index (κ3) is 10.5. The average Bonchev–Trinajstić information content (AvgIpc) is 3.99. The maximum atomic E-state index is 13.7. The van der Waals surface area contributed by atoms with Crippen molar-refractivity contribution in [3.8, 4) is 40.0 Å². The third-order valence-electron chi connectivity index (χ3n) is 11.5. The number of ether oxygens (including phenoxy) is 3. The zero-order valence-electron chi connectivity index (χ0n) is 37.1. The number of aliphatic hydroxyl groups is 1. The molecule has 0 aliphatic carbocycles. The van der Waals surface area contributed by atoms with E-state index in [1.165, 1.54) is 23.3 Å². The molecule has 3 heterocycles. The zero-order chi connectivity index (χ0) is 47.0. The zero-order valence-corrected chi connectivity index (χ0v) is 37.9. The number of hydrogen-bond acceptors (Lipinski definition) is 12. The predicted octanol–water partition coefficient (Wildman–Crippen LogP) is 5.68. The molecule has 342 valence electrons.